The van der Waals surface area contributed by atoms with Crippen LogP contribution in [-0.4, -0.2) is 19.1 Å². The topological polar surface area (TPSA) is 48.8 Å². The SMILES string of the molecule is [2H]C(C)(C)C([2H])([2H])c1cccc(-[n+]2[c-]n(-c3[c-]c(Oc4[c-]c5c(cc4)c4ccccc4n5-c4cc(C(C)(C)C)ccn4)ccn3)c3cc(C(C)(C)C)ccc32)c1.[Pt]. The summed E-state index contributed by atoms with van der Waals surface area (Å²) in [5.74, 6) is 0.939. The molecule has 4 heterocycles. The molecule has 8 aromatic rings. The van der Waals surface area contributed by atoms with Crippen LogP contribution in [0.15, 0.2) is 109 Å². The second-order valence-corrected chi connectivity index (χ2v) is 15.8. The van der Waals surface area contributed by atoms with Crippen LogP contribution in [0.2, 0.25) is 0 Å². The summed E-state index contributed by atoms with van der Waals surface area (Å²) in [4.78, 5) is 9.53. The number of hydrogen-bond acceptors (Lipinski definition) is 3. The number of nitrogens with zero attached hydrogens (tertiary/aromatic N) is 5. The van der Waals surface area contributed by atoms with Gasteiger partial charge in [0, 0.05) is 42.6 Å². The molecule has 0 fully saturated rings. The van der Waals surface area contributed by atoms with Gasteiger partial charge in [0.1, 0.15) is 5.82 Å². The largest absolute Gasteiger partial charge is 0.522 e. The smallest absolute Gasteiger partial charge is 0.269 e. The van der Waals surface area contributed by atoms with Crippen molar-refractivity contribution in [2.24, 2.45) is 5.89 Å². The van der Waals surface area contributed by atoms with Gasteiger partial charge in [0.05, 0.1) is 22.5 Å². The van der Waals surface area contributed by atoms with Gasteiger partial charge in [-0.25, -0.2) is 4.98 Å². The first-order valence-electron chi connectivity index (χ1n) is 19.5. The maximum Gasteiger partial charge on any atom is 0.269 e. The summed E-state index contributed by atoms with van der Waals surface area (Å²) in [5, 5.41) is 2.15. The van der Waals surface area contributed by atoms with Crippen molar-refractivity contribution in [3.8, 4) is 28.8 Å². The Labute approximate surface area is 337 Å². The third kappa shape index (κ3) is 7.12. The van der Waals surface area contributed by atoms with Crippen LogP contribution in [0.1, 0.15) is 76.2 Å². The molecule has 0 atom stereocenters. The van der Waals surface area contributed by atoms with Crippen molar-refractivity contribution < 1.29 is 34.5 Å². The van der Waals surface area contributed by atoms with E-state index < -0.39 is 12.3 Å². The number of rotatable bonds is 7. The molecule has 7 heteroatoms. The Bertz CT molecular complexity index is 2790. The molecule has 0 bridgehead atoms. The van der Waals surface area contributed by atoms with Gasteiger partial charge in [0.25, 0.3) is 6.33 Å². The second-order valence-electron chi connectivity index (χ2n) is 15.8. The first-order chi connectivity index (χ1) is 26.4. The third-order valence-corrected chi connectivity index (χ3v) is 9.51. The quantitative estimate of drug-likeness (QED) is 0.118. The number of para-hydroxylation sites is 1. The van der Waals surface area contributed by atoms with Crippen LogP contribution in [-0.2, 0) is 38.3 Å². The van der Waals surface area contributed by atoms with Gasteiger partial charge >= 0.3 is 0 Å². The van der Waals surface area contributed by atoms with Crippen LogP contribution >= 0.6 is 0 Å². The molecule has 0 saturated heterocycles. The van der Waals surface area contributed by atoms with Crippen LogP contribution in [0.4, 0.5) is 0 Å². The van der Waals surface area contributed by atoms with E-state index in [4.69, 9.17) is 18.8 Å². The molecule has 4 aromatic heterocycles. The van der Waals surface area contributed by atoms with E-state index in [1.54, 1.807) is 38.2 Å². The molecule has 8 rings (SSSR count). The van der Waals surface area contributed by atoms with Crippen molar-refractivity contribution in [1.82, 2.24) is 19.1 Å². The minimum Gasteiger partial charge on any atom is -0.522 e. The summed E-state index contributed by atoms with van der Waals surface area (Å²) in [5.41, 5.74) is 6.92. The predicted octanol–water partition coefficient (Wildman–Crippen LogP) is 10.8. The standard InChI is InChI=1S/C47H45N5O.Pt/c1-31(2)24-32-12-11-13-35(25-32)50-30-51(43-26-33(46(3,4)5)16-19-41(43)50)44-29-37(21-23-48-44)53-36-17-18-39-38-14-9-10-15-40(38)52(42(39)28-36)45-27-34(20-22-49-45)47(6,7)8;/h9-23,25-27,31H,24H2,1-8H3;/q-2;/i24D2,31D;. The van der Waals surface area contributed by atoms with Crippen molar-refractivity contribution in [2.75, 3.05) is 0 Å². The van der Waals surface area contributed by atoms with E-state index in [1.165, 1.54) is 5.56 Å². The third-order valence-electron chi connectivity index (χ3n) is 9.51. The van der Waals surface area contributed by atoms with Gasteiger partial charge in [-0.1, -0.05) is 115 Å². The normalized spacial score (nSPS) is 13.4. The second kappa shape index (κ2) is 14.3. The summed E-state index contributed by atoms with van der Waals surface area (Å²) in [7, 11) is 0. The summed E-state index contributed by atoms with van der Waals surface area (Å²) in [6.45, 7) is 16.3. The number of imidazole rings is 1. The van der Waals surface area contributed by atoms with Crippen molar-refractivity contribution in [2.45, 2.75) is 72.6 Å². The minimum absolute atomic E-state index is 0. The average Bonchev–Trinajstić information content (AvgIpc) is 3.70. The van der Waals surface area contributed by atoms with Gasteiger partial charge in [-0.05, 0) is 81.8 Å². The van der Waals surface area contributed by atoms with Gasteiger partial charge in [-0.15, -0.1) is 17.5 Å². The summed E-state index contributed by atoms with van der Waals surface area (Å²) in [6.07, 6.45) is 5.17. The fourth-order valence-electron chi connectivity index (χ4n) is 6.77. The molecule has 0 aliphatic carbocycles. The fourth-order valence-corrected chi connectivity index (χ4v) is 6.77. The van der Waals surface area contributed by atoms with Crippen molar-refractivity contribution >= 4 is 32.8 Å². The number of fused-ring (bicyclic) bond motifs is 4. The average molecular weight is 894 g/mol. The van der Waals surface area contributed by atoms with Gasteiger partial charge in [-0.3, -0.25) is 14.1 Å². The maximum atomic E-state index is 8.77. The van der Waals surface area contributed by atoms with E-state index in [9.17, 15) is 0 Å². The Hall–Kier alpha value is -5.06. The minimum atomic E-state index is -1.89. The van der Waals surface area contributed by atoms with E-state index in [2.05, 4.69) is 113 Å². The number of hydrogen-bond donors (Lipinski definition) is 0. The summed E-state index contributed by atoms with van der Waals surface area (Å²) < 4.78 is 38.5. The van der Waals surface area contributed by atoms with Crippen LogP contribution < -0.4 is 9.30 Å². The Morgan fingerprint density at radius 2 is 1.50 bits per heavy atom. The molecule has 0 radical (unpaired) electrons. The van der Waals surface area contributed by atoms with Crippen LogP contribution in [0.3, 0.4) is 0 Å². The Morgan fingerprint density at radius 1 is 0.759 bits per heavy atom. The van der Waals surface area contributed by atoms with Gasteiger partial charge in [0.15, 0.2) is 0 Å². The van der Waals surface area contributed by atoms with E-state index in [1.807, 2.05) is 45.7 Å². The molecule has 4 aromatic carbocycles. The molecule has 0 N–H and O–H groups in total. The van der Waals surface area contributed by atoms with Gasteiger partial charge in [-0.2, -0.15) is 18.2 Å². The molecule has 276 valence electrons. The van der Waals surface area contributed by atoms with Crippen LogP contribution in [0, 0.1) is 24.4 Å². The number of aromatic nitrogens is 5. The van der Waals surface area contributed by atoms with E-state index in [-0.39, 0.29) is 31.9 Å². The van der Waals surface area contributed by atoms with Gasteiger partial charge < -0.3 is 9.30 Å². The van der Waals surface area contributed by atoms with E-state index in [0.717, 1.165) is 49.9 Å². The maximum absolute atomic E-state index is 8.77. The summed E-state index contributed by atoms with van der Waals surface area (Å²) >= 11 is 0. The fraction of sp³-hybridized carbons (Fsp3) is 0.255. The van der Waals surface area contributed by atoms with Gasteiger partial charge in [0.2, 0.25) is 0 Å². The number of pyridine rings is 2. The molecule has 54 heavy (non-hydrogen) atoms. The van der Waals surface area contributed by atoms with Crippen LogP contribution in [0.25, 0.3) is 50.2 Å². The monoisotopic (exact) mass is 893 g/mol. The molecule has 0 unspecified atom stereocenters. The molecule has 0 spiro atoms. The predicted molar refractivity (Wildman–Crippen MR) is 214 cm³/mol. The number of ether oxygens (including phenoxy) is 1. The Balaban J connectivity index is 0.00000496. The molecule has 0 saturated carbocycles. The van der Waals surface area contributed by atoms with Crippen LogP contribution in [0.5, 0.6) is 11.5 Å². The van der Waals surface area contributed by atoms with Crippen molar-refractivity contribution in [3.63, 3.8) is 0 Å². The van der Waals surface area contributed by atoms with Crippen molar-refractivity contribution in [1.29, 1.82) is 0 Å². The molecular weight excluding hydrogens is 846 g/mol. The Kier molecular flexibility index (Phi) is 8.87. The zero-order valence-electron chi connectivity index (χ0n) is 34.9. The first-order valence-corrected chi connectivity index (χ1v) is 18.0. The van der Waals surface area contributed by atoms with E-state index in [0.29, 0.717) is 22.9 Å². The first kappa shape index (κ1) is 33.5. The number of benzene rings is 4. The summed E-state index contributed by atoms with van der Waals surface area (Å²) in [6, 6.07) is 38.8. The molecule has 6 nitrogen and oxygen atoms in total. The Morgan fingerprint density at radius 3 is 2.28 bits per heavy atom. The molecular formula is C47H45N5OPt-2. The zero-order chi connectivity index (χ0) is 39.8. The molecule has 0 amide bonds. The molecule has 0 aliphatic heterocycles. The molecule has 0 aliphatic rings. The van der Waals surface area contributed by atoms with E-state index >= 15 is 0 Å². The zero-order valence-corrected chi connectivity index (χ0v) is 34.1. The van der Waals surface area contributed by atoms with Crippen molar-refractivity contribution in [3.05, 3.63) is 145 Å².